The highest BCUT2D eigenvalue weighted by Gasteiger charge is 2.32. The van der Waals surface area contributed by atoms with Crippen molar-refractivity contribution >= 4 is 29.1 Å². The summed E-state index contributed by atoms with van der Waals surface area (Å²) in [5.74, 6) is 0.495. The molecule has 1 aromatic rings. The summed E-state index contributed by atoms with van der Waals surface area (Å²) in [4.78, 5) is 26.2. The van der Waals surface area contributed by atoms with Crippen molar-refractivity contribution in [3.8, 4) is 5.75 Å². The zero-order valence-electron chi connectivity index (χ0n) is 11.7. The number of amides is 3. The molecular formula is C14H17N3O3S. The third-order valence-corrected chi connectivity index (χ3v) is 3.38. The first-order chi connectivity index (χ1) is 9.99. The van der Waals surface area contributed by atoms with E-state index in [1.807, 2.05) is 18.2 Å². The maximum Gasteiger partial charge on any atom is 0.326 e. The zero-order chi connectivity index (χ0) is 15.4. The first-order valence-electron chi connectivity index (χ1n) is 6.57. The number of hydrogen-bond acceptors (Lipinski definition) is 4. The van der Waals surface area contributed by atoms with E-state index in [2.05, 4.69) is 0 Å². The van der Waals surface area contributed by atoms with Crippen molar-refractivity contribution < 1.29 is 14.3 Å². The smallest absolute Gasteiger partial charge is 0.326 e. The molecule has 7 heteroatoms. The lowest BCUT2D eigenvalue weighted by atomic mass is 10.2. The molecule has 0 saturated carbocycles. The molecule has 2 rings (SSSR count). The Balaban J connectivity index is 1.80. The standard InChI is InChI=1S/C14H17N3O3S/c1-16-9-12(18)17(14(16)19)6-3-7-20-11-5-2-4-10(8-11)13(15)21/h2,4-5,8H,3,6-7,9H2,1H3,(H2,15,21). The maximum absolute atomic E-state index is 11.7. The Bertz CT molecular complexity index is 576. The summed E-state index contributed by atoms with van der Waals surface area (Å²) < 4.78 is 5.58. The van der Waals surface area contributed by atoms with Gasteiger partial charge in [0.05, 0.1) is 6.61 Å². The molecule has 0 bridgehead atoms. The number of likely N-dealkylation sites (N-methyl/N-ethyl adjacent to an activating group) is 1. The topological polar surface area (TPSA) is 75.9 Å². The van der Waals surface area contributed by atoms with E-state index in [4.69, 9.17) is 22.7 Å². The molecule has 1 heterocycles. The molecule has 0 spiro atoms. The van der Waals surface area contributed by atoms with Gasteiger partial charge in [-0.15, -0.1) is 0 Å². The molecule has 1 aliphatic rings. The second-order valence-corrected chi connectivity index (χ2v) is 5.22. The first-order valence-corrected chi connectivity index (χ1v) is 6.98. The molecule has 6 nitrogen and oxygen atoms in total. The highest BCUT2D eigenvalue weighted by molar-refractivity contribution is 7.80. The quantitative estimate of drug-likeness (QED) is 0.482. The van der Waals surface area contributed by atoms with Crippen molar-refractivity contribution in [3.63, 3.8) is 0 Å². The number of benzene rings is 1. The highest BCUT2D eigenvalue weighted by Crippen LogP contribution is 2.14. The van der Waals surface area contributed by atoms with Gasteiger partial charge in [-0.2, -0.15) is 0 Å². The lowest BCUT2D eigenvalue weighted by Gasteiger charge is -2.14. The van der Waals surface area contributed by atoms with Crippen LogP contribution in [-0.2, 0) is 4.79 Å². The Kier molecular flexibility index (Phi) is 4.74. The number of carbonyl (C=O) groups is 2. The van der Waals surface area contributed by atoms with Crippen molar-refractivity contribution in [2.75, 3.05) is 26.7 Å². The number of ether oxygens (including phenoxy) is 1. The van der Waals surface area contributed by atoms with Gasteiger partial charge in [0.2, 0.25) is 5.91 Å². The summed E-state index contributed by atoms with van der Waals surface area (Å²) in [6.45, 7) is 0.911. The Morgan fingerprint density at radius 2 is 2.19 bits per heavy atom. The maximum atomic E-state index is 11.7. The molecule has 0 atom stereocenters. The molecule has 3 amide bonds. The van der Waals surface area contributed by atoms with E-state index in [9.17, 15) is 9.59 Å². The van der Waals surface area contributed by atoms with Gasteiger partial charge in [-0.05, 0) is 18.6 Å². The lowest BCUT2D eigenvalue weighted by Crippen LogP contribution is -2.33. The van der Waals surface area contributed by atoms with Crippen LogP contribution >= 0.6 is 12.2 Å². The van der Waals surface area contributed by atoms with Crippen LogP contribution in [0.25, 0.3) is 0 Å². The third-order valence-electron chi connectivity index (χ3n) is 3.14. The van der Waals surface area contributed by atoms with Crippen LogP contribution in [0.3, 0.4) is 0 Å². The number of urea groups is 1. The number of hydrogen-bond donors (Lipinski definition) is 1. The predicted molar refractivity (Wildman–Crippen MR) is 82.2 cm³/mol. The summed E-state index contributed by atoms with van der Waals surface area (Å²) in [5, 5.41) is 0. The van der Waals surface area contributed by atoms with Crippen molar-refractivity contribution in [1.29, 1.82) is 0 Å². The van der Waals surface area contributed by atoms with Crippen LogP contribution in [0.1, 0.15) is 12.0 Å². The second kappa shape index (κ2) is 6.53. The fraction of sp³-hybridized carbons (Fsp3) is 0.357. The Morgan fingerprint density at radius 3 is 2.81 bits per heavy atom. The van der Waals surface area contributed by atoms with E-state index >= 15 is 0 Å². The molecule has 1 aliphatic heterocycles. The Hall–Kier alpha value is -2.15. The predicted octanol–water partition coefficient (Wildman–Crippen LogP) is 0.984. The average molecular weight is 307 g/mol. The minimum atomic E-state index is -0.254. The molecule has 1 fully saturated rings. The number of nitrogens with zero attached hydrogens (tertiary/aromatic N) is 2. The van der Waals surface area contributed by atoms with Gasteiger partial charge in [0.25, 0.3) is 0 Å². The van der Waals surface area contributed by atoms with Crippen LogP contribution in [-0.4, -0.2) is 53.5 Å². The SMILES string of the molecule is CN1CC(=O)N(CCCOc2cccc(C(N)=S)c2)C1=O. The molecule has 112 valence electrons. The van der Waals surface area contributed by atoms with Gasteiger partial charge in [0.15, 0.2) is 0 Å². The second-order valence-electron chi connectivity index (χ2n) is 4.78. The zero-order valence-corrected chi connectivity index (χ0v) is 12.6. The molecule has 2 N–H and O–H groups in total. The first kappa shape index (κ1) is 15.2. The molecule has 1 saturated heterocycles. The lowest BCUT2D eigenvalue weighted by molar-refractivity contribution is -0.125. The monoisotopic (exact) mass is 307 g/mol. The molecular weight excluding hydrogens is 290 g/mol. The molecule has 21 heavy (non-hydrogen) atoms. The van der Waals surface area contributed by atoms with Gasteiger partial charge in [0, 0.05) is 19.2 Å². The van der Waals surface area contributed by atoms with Crippen LogP contribution in [0.2, 0.25) is 0 Å². The van der Waals surface area contributed by atoms with Gasteiger partial charge < -0.3 is 15.4 Å². The van der Waals surface area contributed by atoms with Crippen LogP contribution < -0.4 is 10.5 Å². The molecule has 0 aromatic heterocycles. The largest absolute Gasteiger partial charge is 0.494 e. The minimum Gasteiger partial charge on any atom is -0.494 e. The number of thiocarbonyl (C=S) groups is 1. The summed E-state index contributed by atoms with van der Waals surface area (Å²) >= 11 is 4.90. The highest BCUT2D eigenvalue weighted by atomic mass is 32.1. The summed E-state index contributed by atoms with van der Waals surface area (Å²) in [7, 11) is 1.61. The van der Waals surface area contributed by atoms with Gasteiger partial charge in [0.1, 0.15) is 17.3 Å². The van der Waals surface area contributed by atoms with E-state index in [-0.39, 0.29) is 18.5 Å². The minimum absolute atomic E-state index is 0.148. The van der Waals surface area contributed by atoms with Crippen molar-refractivity contribution in [2.24, 2.45) is 5.73 Å². The van der Waals surface area contributed by atoms with Gasteiger partial charge in [-0.3, -0.25) is 9.69 Å². The molecule has 0 aliphatic carbocycles. The summed E-state index contributed by atoms with van der Waals surface area (Å²) in [6, 6.07) is 6.94. The fourth-order valence-corrected chi connectivity index (χ4v) is 2.17. The van der Waals surface area contributed by atoms with Crippen molar-refractivity contribution in [3.05, 3.63) is 29.8 Å². The Morgan fingerprint density at radius 1 is 1.43 bits per heavy atom. The normalized spacial score (nSPS) is 14.7. The van der Waals surface area contributed by atoms with Crippen LogP contribution in [0.5, 0.6) is 5.75 Å². The van der Waals surface area contributed by atoms with Crippen LogP contribution in [0, 0.1) is 0 Å². The van der Waals surface area contributed by atoms with Crippen molar-refractivity contribution in [1.82, 2.24) is 9.80 Å². The van der Waals surface area contributed by atoms with E-state index < -0.39 is 0 Å². The fourth-order valence-electron chi connectivity index (χ4n) is 2.04. The van der Waals surface area contributed by atoms with Gasteiger partial charge in [-0.25, -0.2) is 4.79 Å². The van der Waals surface area contributed by atoms with E-state index in [1.165, 1.54) is 9.80 Å². The third kappa shape index (κ3) is 3.69. The molecule has 1 aromatic carbocycles. The van der Waals surface area contributed by atoms with Gasteiger partial charge in [-0.1, -0.05) is 24.4 Å². The number of imide groups is 1. The molecule has 0 unspecified atom stereocenters. The van der Waals surface area contributed by atoms with Crippen molar-refractivity contribution in [2.45, 2.75) is 6.42 Å². The number of nitrogens with two attached hydrogens (primary N) is 1. The average Bonchev–Trinajstić information content (AvgIpc) is 2.69. The number of rotatable bonds is 6. The van der Waals surface area contributed by atoms with E-state index in [0.717, 1.165) is 5.56 Å². The molecule has 0 radical (unpaired) electrons. The van der Waals surface area contributed by atoms with E-state index in [1.54, 1.807) is 13.1 Å². The van der Waals surface area contributed by atoms with Crippen LogP contribution in [0.4, 0.5) is 4.79 Å². The Labute approximate surface area is 128 Å². The van der Waals surface area contributed by atoms with E-state index in [0.29, 0.717) is 30.3 Å². The number of carbonyl (C=O) groups excluding carboxylic acids is 2. The van der Waals surface area contributed by atoms with Gasteiger partial charge >= 0.3 is 6.03 Å². The van der Waals surface area contributed by atoms with Crippen LogP contribution in [0.15, 0.2) is 24.3 Å². The summed E-state index contributed by atoms with van der Waals surface area (Å²) in [5.41, 5.74) is 6.30. The summed E-state index contributed by atoms with van der Waals surface area (Å²) in [6.07, 6.45) is 0.572.